The highest BCUT2D eigenvalue weighted by Gasteiger charge is 2.11. The van der Waals surface area contributed by atoms with Crippen LogP contribution in [-0.4, -0.2) is 29.7 Å². The third kappa shape index (κ3) is 2.36. The van der Waals surface area contributed by atoms with Crippen molar-refractivity contribution in [2.24, 2.45) is 0 Å². The van der Waals surface area contributed by atoms with Gasteiger partial charge in [0.15, 0.2) is 0 Å². The van der Waals surface area contributed by atoms with Crippen LogP contribution in [0.5, 0.6) is 0 Å². The first kappa shape index (κ1) is 7.52. The van der Waals surface area contributed by atoms with Crippen LogP contribution in [0.2, 0.25) is 0 Å². The molecule has 0 spiro atoms. The predicted molar refractivity (Wildman–Crippen MR) is 28.8 cm³/mol. The molecule has 0 heterocycles. The van der Waals surface area contributed by atoms with E-state index in [1.165, 1.54) is 7.05 Å². The maximum Gasteiger partial charge on any atom is 0.333 e. The molecule has 0 aliphatic rings. The van der Waals surface area contributed by atoms with E-state index in [1.807, 2.05) is 0 Å². The van der Waals surface area contributed by atoms with Crippen molar-refractivity contribution in [3.05, 3.63) is 5.53 Å². The van der Waals surface area contributed by atoms with Crippen molar-refractivity contribution in [2.75, 3.05) is 7.05 Å². The summed E-state index contributed by atoms with van der Waals surface area (Å²) in [5.74, 6) is -1.67. The molecule has 0 aliphatic carbocycles. The molecular weight excluding hydrogens is 122 g/mol. The van der Waals surface area contributed by atoms with Gasteiger partial charge in [-0.05, 0) is 0 Å². The quantitative estimate of drug-likeness (QED) is 0.214. The maximum absolute atomic E-state index is 10.3. The van der Waals surface area contributed by atoms with Gasteiger partial charge in [-0.3, -0.25) is 9.59 Å². The molecule has 0 unspecified atom stereocenters. The van der Waals surface area contributed by atoms with E-state index >= 15 is 0 Å². The highest BCUT2D eigenvalue weighted by atomic mass is 16.2. The molecule has 0 saturated carbocycles. The normalized spacial score (nSPS) is 7.22. The number of hydrogen-bond donors (Lipinski definition) is 1. The Morgan fingerprint density at radius 3 is 2.56 bits per heavy atom. The number of amides is 1. The lowest BCUT2D eigenvalue weighted by atomic mass is 10.4. The molecular formula is C4H5N3O2. The van der Waals surface area contributed by atoms with E-state index in [9.17, 15) is 9.59 Å². The third-order valence-corrected chi connectivity index (χ3v) is 0.626. The number of carbonyl (C=O) groups excluding carboxylic acids is 2. The standard InChI is InChI=1S/C4H5N3O2/c1-6-4(9)3(8)2-7-5/h2H,1H3,(H,6,9). The van der Waals surface area contributed by atoms with Crippen LogP contribution in [0.1, 0.15) is 0 Å². The van der Waals surface area contributed by atoms with Crippen molar-refractivity contribution >= 4 is 17.9 Å². The number of hydrogen-bond acceptors (Lipinski definition) is 2. The van der Waals surface area contributed by atoms with E-state index in [1.54, 1.807) is 0 Å². The van der Waals surface area contributed by atoms with Crippen LogP contribution in [0, 0.1) is 0 Å². The van der Waals surface area contributed by atoms with Crippen molar-refractivity contribution in [3.8, 4) is 0 Å². The number of nitrogens with one attached hydrogen (secondary N) is 1. The third-order valence-electron chi connectivity index (χ3n) is 0.626. The fourth-order valence-electron chi connectivity index (χ4n) is 0.234. The number of rotatable bonds is 2. The van der Waals surface area contributed by atoms with Gasteiger partial charge in [-0.15, -0.1) is 0 Å². The lowest BCUT2D eigenvalue weighted by molar-refractivity contribution is -0.135. The van der Waals surface area contributed by atoms with Gasteiger partial charge in [0.1, 0.15) is 0 Å². The molecule has 0 bridgehead atoms. The monoisotopic (exact) mass is 127 g/mol. The first-order valence-corrected chi connectivity index (χ1v) is 2.16. The molecule has 9 heavy (non-hydrogen) atoms. The Morgan fingerprint density at radius 1 is 1.67 bits per heavy atom. The van der Waals surface area contributed by atoms with Crippen LogP contribution in [-0.2, 0) is 9.59 Å². The van der Waals surface area contributed by atoms with E-state index < -0.39 is 11.7 Å². The molecule has 0 aromatic heterocycles. The summed E-state index contributed by atoms with van der Waals surface area (Å²) in [6, 6.07) is 0. The minimum Gasteiger partial charge on any atom is -0.361 e. The van der Waals surface area contributed by atoms with Gasteiger partial charge in [0.05, 0.1) is 0 Å². The van der Waals surface area contributed by atoms with Gasteiger partial charge in [-0.2, -0.15) is 4.79 Å². The molecule has 0 aliphatic heterocycles. The van der Waals surface area contributed by atoms with E-state index in [0.29, 0.717) is 6.21 Å². The van der Waals surface area contributed by atoms with E-state index in [4.69, 9.17) is 5.53 Å². The molecule has 5 heteroatoms. The van der Waals surface area contributed by atoms with Crippen LogP contribution in [0.3, 0.4) is 0 Å². The molecule has 48 valence electrons. The highest BCUT2D eigenvalue weighted by Crippen LogP contribution is 1.61. The first-order valence-electron chi connectivity index (χ1n) is 2.16. The van der Waals surface area contributed by atoms with Gasteiger partial charge in [0.2, 0.25) is 0 Å². The van der Waals surface area contributed by atoms with E-state index in [2.05, 4.69) is 10.1 Å². The van der Waals surface area contributed by atoms with Crippen LogP contribution in [0.15, 0.2) is 0 Å². The molecule has 0 aromatic rings. The summed E-state index contributed by atoms with van der Waals surface area (Å²) in [5, 5.41) is 2.06. The zero-order valence-corrected chi connectivity index (χ0v) is 4.79. The fourth-order valence-corrected chi connectivity index (χ4v) is 0.234. The van der Waals surface area contributed by atoms with Gasteiger partial charge >= 0.3 is 12.0 Å². The van der Waals surface area contributed by atoms with Gasteiger partial charge in [-0.25, -0.2) is 0 Å². The van der Waals surface area contributed by atoms with Gasteiger partial charge in [0.25, 0.3) is 5.91 Å². The minimum atomic E-state index is -0.875. The second-order valence-corrected chi connectivity index (χ2v) is 1.19. The van der Waals surface area contributed by atoms with E-state index in [-0.39, 0.29) is 0 Å². The van der Waals surface area contributed by atoms with Crippen LogP contribution in [0.4, 0.5) is 0 Å². The summed E-state index contributed by atoms with van der Waals surface area (Å²) in [6.07, 6.45) is 0.527. The average molecular weight is 127 g/mol. The largest absolute Gasteiger partial charge is 0.361 e. The molecule has 0 saturated heterocycles. The second-order valence-electron chi connectivity index (χ2n) is 1.19. The lowest BCUT2D eigenvalue weighted by Crippen LogP contribution is -2.28. The van der Waals surface area contributed by atoms with Crippen molar-refractivity contribution < 1.29 is 14.4 Å². The molecule has 0 radical (unpaired) electrons. The zero-order chi connectivity index (χ0) is 7.28. The van der Waals surface area contributed by atoms with E-state index in [0.717, 1.165) is 0 Å². The Hall–Kier alpha value is -1.48. The smallest absolute Gasteiger partial charge is 0.333 e. The van der Waals surface area contributed by atoms with Crippen LogP contribution in [0.25, 0.3) is 5.53 Å². The predicted octanol–water partition coefficient (Wildman–Crippen LogP) is -1.40. The fraction of sp³-hybridized carbons (Fsp3) is 0.250. The van der Waals surface area contributed by atoms with Crippen LogP contribution < -0.4 is 5.32 Å². The van der Waals surface area contributed by atoms with Gasteiger partial charge in [0, 0.05) is 7.05 Å². The summed E-state index contributed by atoms with van der Waals surface area (Å²) in [6.45, 7) is 0. The number of likely N-dealkylation sites (N-methyl/N-ethyl adjacent to an activating group) is 1. The van der Waals surface area contributed by atoms with Crippen LogP contribution >= 0.6 is 0 Å². The Balaban J connectivity index is 4.04. The van der Waals surface area contributed by atoms with Gasteiger partial charge in [-0.1, -0.05) is 0 Å². The molecule has 5 nitrogen and oxygen atoms in total. The zero-order valence-electron chi connectivity index (χ0n) is 4.79. The molecule has 0 rings (SSSR count). The number of Topliss-reactive ketones (excluding diaryl/α,β-unsaturated/α-hetero) is 1. The van der Waals surface area contributed by atoms with Crippen molar-refractivity contribution in [2.45, 2.75) is 0 Å². The molecule has 0 aromatic carbocycles. The molecule has 0 atom stereocenters. The summed E-state index contributed by atoms with van der Waals surface area (Å²) in [7, 11) is 1.31. The Kier molecular flexibility index (Phi) is 2.94. The summed E-state index contributed by atoms with van der Waals surface area (Å²) in [4.78, 5) is 22.9. The summed E-state index contributed by atoms with van der Waals surface area (Å²) < 4.78 is 0. The van der Waals surface area contributed by atoms with Crippen molar-refractivity contribution in [1.82, 2.24) is 5.32 Å². The molecule has 1 N–H and O–H groups in total. The first-order chi connectivity index (χ1) is 4.22. The minimum absolute atomic E-state index is 0.527. The Morgan fingerprint density at radius 2 is 2.22 bits per heavy atom. The SMILES string of the molecule is CNC(=O)C(=O)C=[N+]=[N-]. The maximum atomic E-state index is 10.3. The Labute approximate surface area is 51.3 Å². The summed E-state index contributed by atoms with van der Waals surface area (Å²) >= 11 is 0. The lowest BCUT2D eigenvalue weighted by Gasteiger charge is -1.84. The van der Waals surface area contributed by atoms with Crippen molar-refractivity contribution in [3.63, 3.8) is 0 Å². The number of ketones is 1. The summed E-state index contributed by atoms with van der Waals surface area (Å²) in [5.41, 5.74) is 7.75. The molecule has 0 fully saturated rings. The average Bonchev–Trinajstić information content (AvgIpc) is 1.87. The van der Waals surface area contributed by atoms with Gasteiger partial charge < -0.3 is 10.8 Å². The second kappa shape index (κ2) is 3.51. The topological polar surface area (TPSA) is 82.6 Å². The number of carbonyl (C=O) groups is 2. The Bertz CT molecular complexity index is 180. The highest BCUT2D eigenvalue weighted by molar-refractivity contribution is 6.57. The van der Waals surface area contributed by atoms with Crippen molar-refractivity contribution in [1.29, 1.82) is 0 Å². The molecule has 1 amide bonds. The number of nitrogens with zero attached hydrogens (tertiary/aromatic N) is 2.